The minimum absolute atomic E-state index is 0.0381. The lowest BCUT2D eigenvalue weighted by molar-refractivity contribution is -0.136. The van der Waals surface area contributed by atoms with Gasteiger partial charge in [0.15, 0.2) is 10.1 Å². The van der Waals surface area contributed by atoms with E-state index in [1.807, 2.05) is 0 Å². The Bertz CT molecular complexity index is 550. The van der Waals surface area contributed by atoms with Crippen LogP contribution in [0.15, 0.2) is 24.3 Å². The number of ketones is 2. The Kier molecular flexibility index (Phi) is 5.87. The molecule has 2 saturated carbocycles. The molecule has 132 valence electrons. The highest BCUT2D eigenvalue weighted by atomic mass is 35.5. The molecule has 0 aliphatic heterocycles. The van der Waals surface area contributed by atoms with Crippen molar-refractivity contribution in [1.82, 2.24) is 0 Å². The smallest absolute Gasteiger partial charge is 0.179 e. The van der Waals surface area contributed by atoms with E-state index in [0.717, 1.165) is 50.9 Å². The number of Topliss-reactive ketones (excluding diaryl/α,β-unsaturated/α-hetero) is 2. The third-order valence-electron chi connectivity index (χ3n) is 6.03. The Hall–Kier alpha value is -0.600. The van der Waals surface area contributed by atoms with Gasteiger partial charge in [-0.15, -0.1) is 0 Å². The molecule has 4 aliphatic rings. The van der Waals surface area contributed by atoms with Crippen LogP contribution in [0.2, 0.25) is 0 Å². The van der Waals surface area contributed by atoms with Gasteiger partial charge in [0.05, 0.1) is 0 Å². The van der Waals surface area contributed by atoms with Gasteiger partial charge in [0, 0.05) is 24.2 Å². The molecule has 0 aromatic rings. The molecular weight excluding hydrogens is 343 g/mol. The molecule has 0 bridgehead atoms. The summed E-state index contributed by atoms with van der Waals surface area (Å²) in [5.41, 5.74) is 0. The number of allylic oxidation sites excluding steroid dienone is 4. The zero-order valence-electron chi connectivity index (χ0n) is 14.1. The number of fused-ring (bicyclic) bond motifs is 2. The van der Waals surface area contributed by atoms with Crippen LogP contribution in [0, 0.1) is 23.7 Å². The molecule has 0 heterocycles. The highest BCUT2D eigenvalue weighted by Gasteiger charge is 2.59. The molecule has 0 aromatic heterocycles. The van der Waals surface area contributed by atoms with Crippen molar-refractivity contribution in [1.29, 1.82) is 0 Å². The lowest BCUT2D eigenvalue weighted by Crippen LogP contribution is -2.56. The van der Waals surface area contributed by atoms with E-state index in [-0.39, 0.29) is 17.6 Å². The lowest BCUT2D eigenvalue weighted by atomic mass is 9.66. The van der Waals surface area contributed by atoms with E-state index in [4.69, 9.17) is 23.2 Å². The second-order valence-corrected chi connectivity index (χ2v) is 8.88. The van der Waals surface area contributed by atoms with Crippen molar-refractivity contribution in [2.24, 2.45) is 23.7 Å². The molecule has 4 unspecified atom stereocenters. The van der Waals surface area contributed by atoms with E-state index in [0.29, 0.717) is 11.7 Å². The van der Waals surface area contributed by atoms with Crippen LogP contribution in [0.25, 0.3) is 0 Å². The van der Waals surface area contributed by atoms with Crippen LogP contribution in [-0.4, -0.2) is 15.9 Å². The van der Waals surface area contributed by atoms with Gasteiger partial charge in [-0.3, -0.25) is 9.59 Å². The molecule has 0 spiro atoms. The highest BCUT2D eigenvalue weighted by molar-refractivity contribution is 6.60. The van der Waals surface area contributed by atoms with Crippen LogP contribution in [0.3, 0.4) is 0 Å². The van der Waals surface area contributed by atoms with Crippen molar-refractivity contribution < 1.29 is 9.59 Å². The first-order valence-corrected chi connectivity index (χ1v) is 10.0. The van der Waals surface area contributed by atoms with E-state index in [1.54, 1.807) is 0 Å². The van der Waals surface area contributed by atoms with Crippen molar-refractivity contribution in [3.05, 3.63) is 24.3 Å². The van der Waals surface area contributed by atoms with E-state index in [9.17, 15) is 9.59 Å². The fourth-order valence-electron chi connectivity index (χ4n) is 4.45. The fraction of sp³-hybridized carbons (Fsp3) is 0.700. The number of hydrogen-bond acceptors (Lipinski definition) is 2. The van der Waals surface area contributed by atoms with Crippen LogP contribution >= 0.6 is 23.2 Å². The predicted molar refractivity (Wildman–Crippen MR) is 98.2 cm³/mol. The number of alkyl halides is 2. The maximum absolute atomic E-state index is 11.5. The molecule has 0 aromatic carbocycles. The van der Waals surface area contributed by atoms with E-state index in [1.165, 1.54) is 12.8 Å². The maximum Gasteiger partial charge on any atom is 0.179 e. The third kappa shape index (κ3) is 3.65. The first kappa shape index (κ1) is 18.2. The molecule has 4 aliphatic carbocycles. The van der Waals surface area contributed by atoms with Crippen LogP contribution in [0.4, 0.5) is 0 Å². The van der Waals surface area contributed by atoms with Gasteiger partial charge in [-0.25, -0.2) is 0 Å². The van der Waals surface area contributed by atoms with Crippen molar-refractivity contribution in [3.63, 3.8) is 0 Å². The van der Waals surface area contributed by atoms with Crippen molar-refractivity contribution in [2.75, 3.05) is 0 Å². The quantitative estimate of drug-likeness (QED) is 0.422. The third-order valence-corrected chi connectivity index (χ3v) is 6.97. The molecule has 0 amide bonds. The standard InChI is InChI=1S/C10H12Cl2O.C10H14O/c11-10(12)8-6-4-2-1-3-5-7(8)9(10)13;11-10-7-8-5-3-1-2-4-6-9(8)10/h1-2,7-8H,3-6H2;1-2,8-9H,3-7H2/b2*2-1-. The average molecular weight is 369 g/mol. The average Bonchev–Trinajstić information content (AvgIpc) is 2.50. The minimum Gasteiger partial charge on any atom is -0.299 e. The van der Waals surface area contributed by atoms with Crippen LogP contribution < -0.4 is 0 Å². The molecule has 4 rings (SSSR count). The summed E-state index contributed by atoms with van der Waals surface area (Å²) in [6.07, 6.45) is 18.2. The molecule has 2 fully saturated rings. The first-order chi connectivity index (χ1) is 11.5. The van der Waals surface area contributed by atoms with Crippen molar-refractivity contribution in [2.45, 2.75) is 62.1 Å². The molecule has 0 saturated heterocycles. The highest BCUT2D eigenvalue weighted by Crippen LogP contribution is 2.53. The molecule has 2 nitrogen and oxygen atoms in total. The summed E-state index contributed by atoms with van der Waals surface area (Å²) < 4.78 is -1.07. The van der Waals surface area contributed by atoms with E-state index in [2.05, 4.69) is 24.3 Å². The van der Waals surface area contributed by atoms with Crippen LogP contribution in [0.1, 0.15) is 57.8 Å². The number of carbonyl (C=O) groups is 2. The van der Waals surface area contributed by atoms with Gasteiger partial charge in [-0.2, -0.15) is 0 Å². The van der Waals surface area contributed by atoms with Gasteiger partial charge in [-0.05, 0) is 57.3 Å². The largest absolute Gasteiger partial charge is 0.299 e. The fourth-order valence-corrected chi connectivity index (χ4v) is 5.25. The van der Waals surface area contributed by atoms with Crippen molar-refractivity contribution in [3.8, 4) is 0 Å². The predicted octanol–water partition coefficient (Wildman–Crippen LogP) is 5.43. The van der Waals surface area contributed by atoms with Crippen molar-refractivity contribution >= 4 is 34.8 Å². The summed E-state index contributed by atoms with van der Waals surface area (Å²) in [5.74, 6) is 2.06. The van der Waals surface area contributed by atoms with E-state index >= 15 is 0 Å². The normalized spacial score (nSPS) is 39.8. The Morgan fingerprint density at radius 3 is 1.96 bits per heavy atom. The second-order valence-electron chi connectivity index (χ2n) is 7.49. The minimum atomic E-state index is -1.07. The van der Waals surface area contributed by atoms with Crippen LogP contribution in [-0.2, 0) is 9.59 Å². The molecule has 4 heteroatoms. The SMILES string of the molecule is O=C1C2CC/C=C\CCC2C1(Cl)Cl.O=C1CC2CC/C=C\CCC12. The van der Waals surface area contributed by atoms with Gasteiger partial charge in [0.25, 0.3) is 0 Å². The summed E-state index contributed by atoms with van der Waals surface area (Å²) in [6, 6.07) is 0. The monoisotopic (exact) mass is 368 g/mol. The summed E-state index contributed by atoms with van der Waals surface area (Å²) in [4.78, 5) is 22.6. The second kappa shape index (κ2) is 7.74. The Balaban J connectivity index is 0.000000143. The van der Waals surface area contributed by atoms with Crippen LogP contribution in [0.5, 0.6) is 0 Å². The number of halogens is 2. The Morgan fingerprint density at radius 1 is 0.792 bits per heavy atom. The zero-order valence-corrected chi connectivity index (χ0v) is 15.6. The molecule has 0 radical (unpaired) electrons. The number of hydrogen-bond donors (Lipinski definition) is 0. The van der Waals surface area contributed by atoms with Gasteiger partial charge in [0.2, 0.25) is 0 Å². The zero-order chi connectivity index (χ0) is 17.2. The first-order valence-electron chi connectivity index (χ1n) is 9.26. The van der Waals surface area contributed by atoms with Gasteiger partial charge >= 0.3 is 0 Å². The molecule has 0 N–H and O–H groups in total. The summed E-state index contributed by atoms with van der Waals surface area (Å²) in [5, 5.41) is 0. The van der Waals surface area contributed by atoms with Gasteiger partial charge < -0.3 is 0 Å². The number of rotatable bonds is 0. The maximum atomic E-state index is 11.5. The topological polar surface area (TPSA) is 34.1 Å². The van der Waals surface area contributed by atoms with Gasteiger partial charge in [-0.1, -0.05) is 47.5 Å². The van der Waals surface area contributed by atoms with Gasteiger partial charge in [0.1, 0.15) is 5.78 Å². The molecule has 4 atom stereocenters. The Morgan fingerprint density at radius 2 is 1.33 bits per heavy atom. The summed E-state index contributed by atoms with van der Waals surface area (Å²) >= 11 is 11.9. The lowest BCUT2D eigenvalue weighted by Gasteiger charge is -2.46. The molecule has 24 heavy (non-hydrogen) atoms. The van der Waals surface area contributed by atoms with E-state index < -0.39 is 4.33 Å². The summed E-state index contributed by atoms with van der Waals surface area (Å²) in [7, 11) is 0. The number of carbonyl (C=O) groups excluding carboxylic acids is 2. The summed E-state index contributed by atoms with van der Waals surface area (Å²) in [6.45, 7) is 0. The Labute approximate surface area is 154 Å². The molecular formula is C20H26Cl2O2.